The van der Waals surface area contributed by atoms with Crippen LogP contribution in [0.15, 0.2) is 36.4 Å². The van der Waals surface area contributed by atoms with Crippen LogP contribution in [0.25, 0.3) is 0 Å². The minimum atomic E-state index is 0.449. The SMILES string of the molecule is C1=CC2C(C1)CC2Nc1ccc(OC2CCCC2)cc1. The quantitative estimate of drug-likeness (QED) is 0.819. The molecule has 3 aliphatic carbocycles. The van der Waals surface area contributed by atoms with Crippen LogP contribution in [-0.4, -0.2) is 12.1 Å². The summed E-state index contributed by atoms with van der Waals surface area (Å²) in [4.78, 5) is 0. The summed E-state index contributed by atoms with van der Waals surface area (Å²) < 4.78 is 6.01. The van der Waals surface area contributed by atoms with Gasteiger partial charge in [0.1, 0.15) is 5.75 Å². The first kappa shape index (κ1) is 12.3. The maximum atomic E-state index is 6.01. The van der Waals surface area contributed by atoms with Crippen LogP contribution in [-0.2, 0) is 0 Å². The van der Waals surface area contributed by atoms with Gasteiger partial charge < -0.3 is 10.1 Å². The van der Waals surface area contributed by atoms with Crippen molar-refractivity contribution in [3.05, 3.63) is 36.4 Å². The van der Waals surface area contributed by atoms with Gasteiger partial charge in [0.25, 0.3) is 0 Å². The van der Waals surface area contributed by atoms with E-state index in [-0.39, 0.29) is 0 Å². The molecule has 4 rings (SSSR count). The van der Waals surface area contributed by atoms with Crippen LogP contribution in [0, 0.1) is 11.8 Å². The fourth-order valence-electron chi connectivity index (χ4n) is 3.93. The molecular weight excluding hydrogens is 246 g/mol. The van der Waals surface area contributed by atoms with Crippen LogP contribution in [0.5, 0.6) is 5.75 Å². The first-order chi connectivity index (χ1) is 9.88. The lowest BCUT2D eigenvalue weighted by molar-refractivity contribution is 0.210. The second-order valence-corrected chi connectivity index (χ2v) is 6.54. The molecule has 20 heavy (non-hydrogen) atoms. The van der Waals surface area contributed by atoms with Crippen molar-refractivity contribution in [2.24, 2.45) is 11.8 Å². The fourth-order valence-corrected chi connectivity index (χ4v) is 3.93. The third kappa shape index (κ3) is 2.32. The van der Waals surface area contributed by atoms with Crippen molar-refractivity contribution in [3.8, 4) is 5.75 Å². The molecule has 0 aromatic heterocycles. The number of benzene rings is 1. The fraction of sp³-hybridized carbons (Fsp3) is 0.556. The summed E-state index contributed by atoms with van der Waals surface area (Å²) >= 11 is 0. The van der Waals surface area contributed by atoms with Crippen molar-refractivity contribution in [2.45, 2.75) is 50.7 Å². The summed E-state index contributed by atoms with van der Waals surface area (Å²) in [5.74, 6) is 2.71. The largest absolute Gasteiger partial charge is 0.490 e. The van der Waals surface area contributed by atoms with Crippen LogP contribution in [0.3, 0.4) is 0 Å². The normalized spacial score (nSPS) is 31.9. The molecule has 1 aromatic rings. The van der Waals surface area contributed by atoms with Gasteiger partial charge in [-0.2, -0.15) is 0 Å². The Hall–Kier alpha value is -1.44. The molecule has 0 spiro atoms. The molecule has 106 valence electrons. The van der Waals surface area contributed by atoms with Crippen molar-refractivity contribution in [2.75, 3.05) is 5.32 Å². The van der Waals surface area contributed by atoms with Gasteiger partial charge in [0.05, 0.1) is 6.10 Å². The Morgan fingerprint density at radius 2 is 1.85 bits per heavy atom. The first-order valence-corrected chi connectivity index (χ1v) is 8.08. The zero-order valence-electron chi connectivity index (χ0n) is 11.9. The van der Waals surface area contributed by atoms with E-state index in [0.29, 0.717) is 12.1 Å². The second kappa shape index (κ2) is 5.16. The molecule has 1 N–H and O–H groups in total. The number of anilines is 1. The summed E-state index contributed by atoms with van der Waals surface area (Å²) in [6.45, 7) is 0. The number of nitrogens with one attached hydrogen (secondary N) is 1. The summed E-state index contributed by atoms with van der Waals surface area (Å²) in [7, 11) is 0. The van der Waals surface area contributed by atoms with Crippen LogP contribution < -0.4 is 10.1 Å². The van der Waals surface area contributed by atoms with E-state index in [1.165, 1.54) is 44.2 Å². The third-order valence-electron chi connectivity index (χ3n) is 5.17. The van der Waals surface area contributed by atoms with Gasteiger partial charge >= 0.3 is 0 Å². The number of hydrogen-bond acceptors (Lipinski definition) is 2. The minimum Gasteiger partial charge on any atom is -0.490 e. The van der Waals surface area contributed by atoms with E-state index in [1.54, 1.807) is 0 Å². The molecule has 0 heterocycles. The average molecular weight is 269 g/mol. The van der Waals surface area contributed by atoms with Crippen molar-refractivity contribution < 1.29 is 4.74 Å². The minimum absolute atomic E-state index is 0.449. The molecule has 2 saturated carbocycles. The zero-order chi connectivity index (χ0) is 13.4. The second-order valence-electron chi connectivity index (χ2n) is 6.54. The Kier molecular flexibility index (Phi) is 3.17. The van der Waals surface area contributed by atoms with Gasteiger partial charge in [-0.15, -0.1) is 0 Å². The van der Waals surface area contributed by atoms with E-state index in [2.05, 4.69) is 41.7 Å². The maximum absolute atomic E-state index is 6.01. The predicted molar refractivity (Wildman–Crippen MR) is 82.1 cm³/mol. The van der Waals surface area contributed by atoms with Crippen LogP contribution in [0.2, 0.25) is 0 Å². The van der Waals surface area contributed by atoms with Crippen LogP contribution >= 0.6 is 0 Å². The van der Waals surface area contributed by atoms with E-state index >= 15 is 0 Å². The molecule has 0 radical (unpaired) electrons. The molecule has 2 fully saturated rings. The van der Waals surface area contributed by atoms with E-state index in [9.17, 15) is 0 Å². The Morgan fingerprint density at radius 3 is 2.60 bits per heavy atom. The third-order valence-corrected chi connectivity index (χ3v) is 5.17. The van der Waals surface area contributed by atoms with Gasteiger partial charge in [0.2, 0.25) is 0 Å². The van der Waals surface area contributed by atoms with Crippen molar-refractivity contribution in [3.63, 3.8) is 0 Å². The molecule has 2 nitrogen and oxygen atoms in total. The number of fused-ring (bicyclic) bond motifs is 1. The summed E-state index contributed by atoms with van der Waals surface area (Å²) in [5.41, 5.74) is 1.23. The molecule has 3 atom stereocenters. The van der Waals surface area contributed by atoms with Gasteiger partial charge in [0, 0.05) is 17.6 Å². The van der Waals surface area contributed by atoms with Gasteiger partial charge in [-0.1, -0.05) is 12.2 Å². The molecule has 0 saturated heterocycles. The van der Waals surface area contributed by atoms with E-state index < -0.39 is 0 Å². The van der Waals surface area contributed by atoms with Gasteiger partial charge in [0.15, 0.2) is 0 Å². The monoisotopic (exact) mass is 269 g/mol. The molecule has 2 heteroatoms. The summed E-state index contributed by atoms with van der Waals surface area (Å²) in [6.07, 6.45) is 12.9. The highest BCUT2D eigenvalue weighted by atomic mass is 16.5. The Bertz CT molecular complexity index is 487. The number of hydrogen-bond donors (Lipinski definition) is 1. The highest BCUT2D eigenvalue weighted by Crippen LogP contribution is 2.44. The number of ether oxygens (including phenoxy) is 1. The standard InChI is InChI=1S/C18H23NO/c1-2-6-15(5-1)20-16-10-8-14(9-11-16)19-18-12-13-4-3-7-17(13)18/h3,7-11,13,15,17-19H,1-2,4-6,12H2. The van der Waals surface area contributed by atoms with Crippen LogP contribution in [0.1, 0.15) is 38.5 Å². The highest BCUT2D eigenvalue weighted by Gasteiger charge is 2.40. The zero-order valence-corrected chi connectivity index (χ0v) is 11.9. The topological polar surface area (TPSA) is 21.3 Å². The molecular formula is C18H23NO. The number of allylic oxidation sites excluding steroid dienone is 1. The molecule has 1 aromatic carbocycles. The van der Waals surface area contributed by atoms with E-state index in [0.717, 1.165) is 17.6 Å². The lowest BCUT2D eigenvalue weighted by Gasteiger charge is -2.41. The van der Waals surface area contributed by atoms with Crippen molar-refractivity contribution in [1.82, 2.24) is 0 Å². The molecule has 0 amide bonds. The Balaban J connectivity index is 1.34. The lowest BCUT2D eigenvalue weighted by atomic mass is 9.71. The molecule has 0 aliphatic heterocycles. The Labute approximate surface area is 121 Å². The predicted octanol–water partition coefficient (Wildman–Crippen LogP) is 4.38. The number of rotatable bonds is 4. The summed E-state index contributed by atoms with van der Waals surface area (Å²) in [6, 6.07) is 9.19. The van der Waals surface area contributed by atoms with Crippen molar-refractivity contribution >= 4 is 5.69 Å². The first-order valence-electron chi connectivity index (χ1n) is 8.08. The highest BCUT2D eigenvalue weighted by molar-refractivity contribution is 5.48. The van der Waals surface area contributed by atoms with E-state index in [4.69, 9.17) is 4.74 Å². The summed E-state index contributed by atoms with van der Waals surface area (Å²) in [5, 5.41) is 3.66. The molecule has 3 unspecified atom stereocenters. The lowest BCUT2D eigenvalue weighted by Crippen LogP contribution is -2.43. The van der Waals surface area contributed by atoms with Crippen LogP contribution in [0.4, 0.5) is 5.69 Å². The molecule has 3 aliphatic rings. The van der Waals surface area contributed by atoms with E-state index in [1.807, 2.05) is 0 Å². The van der Waals surface area contributed by atoms with Gasteiger partial charge in [-0.25, -0.2) is 0 Å². The smallest absolute Gasteiger partial charge is 0.119 e. The van der Waals surface area contributed by atoms with Gasteiger partial charge in [-0.05, 0) is 68.7 Å². The Morgan fingerprint density at radius 1 is 1.05 bits per heavy atom. The average Bonchev–Trinajstić information content (AvgIpc) is 3.08. The molecule has 0 bridgehead atoms. The maximum Gasteiger partial charge on any atom is 0.119 e. The van der Waals surface area contributed by atoms with Gasteiger partial charge in [-0.3, -0.25) is 0 Å². The van der Waals surface area contributed by atoms with Crippen molar-refractivity contribution in [1.29, 1.82) is 0 Å².